The van der Waals surface area contributed by atoms with Gasteiger partial charge in [0.15, 0.2) is 11.5 Å². The van der Waals surface area contributed by atoms with Gasteiger partial charge < -0.3 is 19.7 Å². The zero-order valence-electron chi connectivity index (χ0n) is 18.5. The molecule has 1 fully saturated rings. The van der Waals surface area contributed by atoms with Crippen LogP contribution in [0.2, 0.25) is 0 Å². The number of hydrogen-bond acceptors (Lipinski definition) is 6. The molecule has 178 valence electrons. The number of amides is 1. The Kier molecular flexibility index (Phi) is 7.16. The minimum atomic E-state index is -3.71. The van der Waals surface area contributed by atoms with E-state index in [9.17, 15) is 17.6 Å². The van der Waals surface area contributed by atoms with Crippen LogP contribution in [0.1, 0.15) is 24.9 Å². The van der Waals surface area contributed by atoms with Crippen molar-refractivity contribution in [2.45, 2.75) is 24.3 Å². The van der Waals surface area contributed by atoms with Gasteiger partial charge in [-0.25, -0.2) is 12.8 Å². The number of benzene rings is 2. The number of fused-ring (bicyclic) bond motifs is 1. The van der Waals surface area contributed by atoms with Crippen molar-refractivity contribution in [3.05, 3.63) is 53.8 Å². The van der Waals surface area contributed by atoms with Gasteiger partial charge in [0.1, 0.15) is 5.82 Å². The number of sulfonamides is 1. The molecule has 2 heterocycles. The summed E-state index contributed by atoms with van der Waals surface area (Å²) >= 11 is 0. The van der Waals surface area contributed by atoms with E-state index in [4.69, 9.17) is 9.47 Å². The Balaban J connectivity index is 1.32. The first kappa shape index (κ1) is 23.5. The van der Waals surface area contributed by atoms with Gasteiger partial charge in [0, 0.05) is 44.7 Å². The van der Waals surface area contributed by atoms with Crippen molar-refractivity contribution in [3.8, 4) is 11.5 Å². The van der Waals surface area contributed by atoms with Gasteiger partial charge >= 0.3 is 0 Å². The van der Waals surface area contributed by atoms with Crippen LogP contribution in [0.4, 0.5) is 4.39 Å². The largest absolute Gasteiger partial charge is 0.490 e. The SMILES string of the molecule is C[C@@H](NCC(=O)N1CCN(S(=O)(=O)c2ccc3c(c2)OCCCO3)CC1)c1ccc(F)cc1. The number of carbonyl (C=O) groups is 1. The number of halogens is 1. The van der Waals surface area contributed by atoms with Gasteiger partial charge in [0.25, 0.3) is 0 Å². The minimum Gasteiger partial charge on any atom is -0.490 e. The van der Waals surface area contributed by atoms with Crippen molar-refractivity contribution in [1.82, 2.24) is 14.5 Å². The predicted octanol–water partition coefficient (Wildman–Crippen LogP) is 2.17. The Labute approximate surface area is 193 Å². The third-order valence-corrected chi connectivity index (χ3v) is 7.77. The first-order chi connectivity index (χ1) is 15.8. The van der Waals surface area contributed by atoms with E-state index in [1.807, 2.05) is 6.92 Å². The van der Waals surface area contributed by atoms with Crippen LogP contribution in [0.25, 0.3) is 0 Å². The molecular formula is C23H28FN3O5S. The van der Waals surface area contributed by atoms with Gasteiger partial charge in [-0.2, -0.15) is 4.31 Å². The summed E-state index contributed by atoms with van der Waals surface area (Å²) in [5, 5.41) is 3.15. The third-order valence-electron chi connectivity index (χ3n) is 5.88. The average molecular weight is 478 g/mol. The van der Waals surface area contributed by atoms with Crippen molar-refractivity contribution in [3.63, 3.8) is 0 Å². The van der Waals surface area contributed by atoms with E-state index in [0.29, 0.717) is 37.8 Å². The lowest BCUT2D eigenvalue weighted by molar-refractivity contribution is -0.131. The molecule has 33 heavy (non-hydrogen) atoms. The molecule has 0 unspecified atom stereocenters. The molecule has 1 saturated heterocycles. The van der Waals surface area contributed by atoms with Crippen LogP contribution in [0.15, 0.2) is 47.4 Å². The second-order valence-corrected chi connectivity index (χ2v) is 10.0. The molecule has 1 amide bonds. The van der Waals surface area contributed by atoms with Crippen molar-refractivity contribution in [2.24, 2.45) is 0 Å². The molecule has 0 spiro atoms. The van der Waals surface area contributed by atoms with Crippen LogP contribution in [0.5, 0.6) is 11.5 Å². The van der Waals surface area contributed by atoms with Crippen molar-refractivity contribution in [1.29, 1.82) is 0 Å². The van der Waals surface area contributed by atoms with Gasteiger partial charge in [-0.05, 0) is 36.8 Å². The molecule has 2 aromatic carbocycles. The van der Waals surface area contributed by atoms with E-state index in [2.05, 4.69) is 5.32 Å². The zero-order valence-corrected chi connectivity index (χ0v) is 19.3. The van der Waals surface area contributed by atoms with Crippen LogP contribution in [-0.2, 0) is 14.8 Å². The fourth-order valence-corrected chi connectivity index (χ4v) is 5.29. The molecule has 2 aliphatic rings. The Morgan fingerprint density at radius 1 is 1.03 bits per heavy atom. The lowest BCUT2D eigenvalue weighted by Gasteiger charge is -2.34. The fourth-order valence-electron chi connectivity index (χ4n) is 3.85. The molecule has 2 aliphatic heterocycles. The van der Waals surface area contributed by atoms with Crippen LogP contribution in [-0.4, -0.2) is 69.5 Å². The highest BCUT2D eigenvalue weighted by molar-refractivity contribution is 7.89. The van der Waals surface area contributed by atoms with E-state index in [-0.39, 0.29) is 42.3 Å². The van der Waals surface area contributed by atoms with Gasteiger partial charge in [0.05, 0.1) is 24.7 Å². The first-order valence-corrected chi connectivity index (χ1v) is 12.4. The maximum Gasteiger partial charge on any atom is 0.243 e. The highest BCUT2D eigenvalue weighted by Crippen LogP contribution is 2.33. The fraction of sp³-hybridized carbons (Fsp3) is 0.435. The third kappa shape index (κ3) is 5.45. The Morgan fingerprint density at radius 2 is 1.70 bits per heavy atom. The summed E-state index contributed by atoms with van der Waals surface area (Å²) in [4.78, 5) is 14.4. The van der Waals surface area contributed by atoms with E-state index >= 15 is 0 Å². The second-order valence-electron chi connectivity index (χ2n) is 8.10. The number of hydrogen-bond donors (Lipinski definition) is 1. The molecule has 1 atom stereocenters. The van der Waals surface area contributed by atoms with Crippen LogP contribution in [0, 0.1) is 5.82 Å². The van der Waals surface area contributed by atoms with Gasteiger partial charge in [-0.1, -0.05) is 12.1 Å². The maximum atomic E-state index is 13.1. The number of nitrogens with zero attached hydrogens (tertiary/aromatic N) is 2. The number of ether oxygens (including phenoxy) is 2. The summed E-state index contributed by atoms with van der Waals surface area (Å²) < 4.78 is 51.9. The lowest BCUT2D eigenvalue weighted by Crippen LogP contribution is -2.52. The Morgan fingerprint density at radius 3 is 2.39 bits per heavy atom. The molecule has 4 rings (SSSR count). The molecule has 0 saturated carbocycles. The number of carbonyl (C=O) groups excluding carboxylic acids is 1. The summed E-state index contributed by atoms with van der Waals surface area (Å²) in [6.07, 6.45) is 0.740. The summed E-state index contributed by atoms with van der Waals surface area (Å²) in [5.74, 6) is 0.575. The normalized spacial score (nSPS) is 17.9. The standard InChI is InChI=1S/C23H28FN3O5S/c1-17(18-3-5-19(24)6-4-18)25-16-23(28)26-9-11-27(12-10-26)33(29,30)20-7-8-21-22(15-20)32-14-2-13-31-21/h3-8,15,17,25H,2,9-14,16H2,1H3/t17-/m1/s1. The summed E-state index contributed by atoms with van der Waals surface area (Å²) in [5.41, 5.74) is 0.884. The van der Waals surface area contributed by atoms with Crippen LogP contribution >= 0.6 is 0 Å². The molecule has 0 aliphatic carbocycles. The van der Waals surface area contributed by atoms with E-state index in [0.717, 1.165) is 12.0 Å². The van der Waals surface area contributed by atoms with E-state index < -0.39 is 10.0 Å². The van der Waals surface area contributed by atoms with Gasteiger partial charge in [-0.3, -0.25) is 4.79 Å². The maximum absolute atomic E-state index is 13.1. The summed E-state index contributed by atoms with van der Waals surface area (Å²) in [6, 6.07) is 10.7. The highest BCUT2D eigenvalue weighted by atomic mass is 32.2. The predicted molar refractivity (Wildman–Crippen MR) is 120 cm³/mol. The van der Waals surface area contributed by atoms with E-state index in [1.54, 1.807) is 23.1 Å². The Bertz CT molecular complexity index is 1090. The Hall–Kier alpha value is -2.69. The van der Waals surface area contributed by atoms with E-state index in [1.165, 1.54) is 28.6 Å². The van der Waals surface area contributed by atoms with Crippen LogP contribution < -0.4 is 14.8 Å². The number of piperazine rings is 1. The highest BCUT2D eigenvalue weighted by Gasteiger charge is 2.31. The molecular weight excluding hydrogens is 449 g/mol. The topological polar surface area (TPSA) is 88.2 Å². The number of nitrogens with one attached hydrogen (secondary N) is 1. The van der Waals surface area contributed by atoms with Crippen molar-refractivity contribution >= 4 is 15.9 Å². The summed E-state index contributed by atoms with van der Waals surface area (Å²) in [7, 11) is -3.71. The van der Waals surface area contributed by atoms with Crippen LogP contribution in [0.3, 0.4) is 0 Å². The van der Waals surface area contributed by atoms with Gasteiger partial charge in [0.2, 0.25) is 15.9 Å². The average Bonchev–Trinajstić information content (AvgIpc) is 3.08. The summed E-state index contributed by atoms with van der Waals surface area (Å²) in [6.45, 7) is 4.10. The lowest BCUT2D eigenvalue weighted by atomic mass is 10.1. The zero-order chi connectivity index (χ0) is 23.4. The molecule has 0 bridgehead atoms. The molecule has 2 aromatic rings. The first-order valence-electron chi connectivity index (χ1n) is 11.0. The van der Waals surface area contributed by atoms with Gasteiger partial charge in [-0.15, -0.1) is 0 Å². The molecule has 1 N–H and O–H groups in total. The second kappa shape index (κ2) is 10.1. The number of rotatable bonds is 6. The molecule has 8 nitrogen and oxygen atoms in total. The van der Waals surface area contributed by atoms with Crippen molar-refractivity contribution < 1.29 is 27.1 Å². The smallest absolute Gasteiger partial charge is 0.243 e. The molecule has 10 heteroatoms. The molecule has 0 radical (unpaired) electrons. The monoisotopic (exact) mass is 477 g/mol. The molecule has 0 aromatic heterocycles. The quantitative estimate of drug-likeness (QED) is 0.686. The van der Waals surface area contributed by atoms with Crippen molar-refractivity contribution in [2.75, 3.05) is 45.9 Å². The minimum absolute atomic E-state index is 0.100.